The van der Waals surface area contributed by atoms with Crippen LogP contribution < -0.4 is 10.5 Å². The van der Waals surface area contributed by atoms with Gasteiger partial charge in [-0.1, -0.05) is 15.9 Å². The maximum Gasteiger partial charge on any atom is 0.238 e. The first-order valence-electron chi connectivity index (χ1n) is 4.35. The second kappa shape index (κ2) is 4.44. The van der Waals surface area contributed by atoms with Crippen LogP contribution in [0.4, 0.5) is 10.2 Å². The lowest BCUT2D eigenvalue weighted by molar-refractivity contribution is 0.425. The van der Waals surface area contributed by atoms with Gasteiger partial charge >= 0.3 is 0 Å². The van der Waals surface area contributed by atoms with Gasteiger partial charge in [0.05, 0.1) is 12.4 Å². The largest absolute Gasteiger partial charge is 0.434 e. The van der Waals surface area contributed by atoms with Gasteiger partial charge in [0.15, 0.2) is 11.6 Å². The Bertz CT molecular complexity index is 504. The van der Waals surface area contributed by atoms with Crippen LogP contribution in [0.5, 0.6) is 11.6 Å². The number of ether oxygens (including phenoxy) is 1. The van der Waals surface area contributed by atoms with E-state index in [1.165, 1.54) is 24.5 Å². The zero-order chi connectivity index (χ0) is 11.5. The lowest BCUT2D eigenvalue weighted by atomic mass is 10.3. The fourth-order valence-corrected chi connectivity index (χ4v) is 1.38. The van der Waals surface area contributed by atoms with Crippen LogP contribution in [-0.4, -0.2) is 9.97 Å². The Hall–Kier alpha value is -1.69. The highest BCUT2D eigenvalue weighted by Crippen LogP contribution is 2.25. The van der Waals surface area contributed by atoms with Gasteiger partial charge in [-0.25, -0.2) is 14.4 Å². The van der Waals surface area contributed by atoms with Gasteiger partial charge in [0.2, 0.25) is 5.88 Å². The molecule has 0 fully saturated rings. The lowest BCUT2D eigenvalue weighted by Gasteiger charge is -2.05. The molecule has 1 heterocycles. The third-order valence-electron chi connectivity index (χ3n) is 1.76. The summed E-state index contributed by atoms with van der Waals surface area (Å²) in [6.45, 7) is 0. The number of hydrogen-bond donors (Lipinski definition) is 1. The summed E-state index contributed by atoms with van der Waals surface area (Å²) in [5, 5.41) is 0. The molecule has 0 spiro atoms. The summed E-state index contributed by atoms with van der Waals surface area (Å²) < 4.78 is 19.2. The molecule has 0 aliphatic heterocycles. The number of rotatable bonds is 2. The van der Waals surface area contributed by atoms with E-state index in [4.69, 9.17) is 10.5 Å². The number of aromatic nitrogens is 2. The Kier molecular flexibility index (Phi) is 3.00. The van der Waals surface area contributed by atoms with Crippen molar-refractivity contribution in [2.45, 2.75) is 0 Å². The van der Waals surface area contributed by atoms with E-state index in [9.17, 15) is 4.39 Å². The Morgan fingerprint density at radius 3 is 2.69 bits per heavy atom. The van der Waals surface area contributed by atoms with Crippen molar-refractivity contribution in [3.63, 3.8) is 0 Å². The molecule has 0 saturated carbocycles. The van der Waals surface area contributed by atoms with Crippen molar-refractivity contribution in [1.29, 1.82) is 0 Å². The molecule has 82 valence electrons. The molecule has 4 nitrogen and oxygen atoms in total. The van der Waals surface area contributed by atoms with Gasteiger partial charge in [0.25, 0.3) is 0 Å². The molecule has 0 aliphatic carbocycles. The third kappa shape index (κ3) is 2.46. The van der Waals surface area contributed by atoms with E-state index in [0.717, 1.165) is 0 Å². The van der Waals surface area contributed by atoms with Crippen LogP contribution in [0.1, 0.15) is 0 Å². The molecule has 1 aromatic heterocycles. The van der Waals surface area contributed by atoms with Crippen molar-refractivity contribution in [3.8, 4) is 11.6 Å². The van der Waals surface area contributed by atoms with Gasteiger partial charge < -0.3 is 10.5 Å². The van der Waals surface area contributed by atoms with Crippen LogP contribution in [0.2, 0.25) is 0 Å². The summed E-state index contributed by atoms with van der Waals surface area (Å²) in [7, 11) is 0. The van der Waals surface area contributed by atoms with Crippen molar-refractivity contribution >= 4 is 21.7 Å². The number of benzene rings is 1. The smallest absolute Gasteiger partial charge is 0.238 e. The van der Waals surface area contributed by atoms with Crippen molar-refractivity contribution in [2.24, 2.45) is 0 Å². The van der Waals surface area contributed by atoms with Crippen molar-refractivity contribution in [1.82, 2.24) is 9.97 Å². The Morgan fingerprint density at radius 1 is 1.25 bits per heavy atom. The first-order valence-corrected chi connectivity index (χ1v) is 5.15. The minimum absolute atomic E-state index is 0.0854. The maximum atomic E-state index is 13.4. The number of nitrogen functional groups attached to an aromatic ring is 1. The topological polar surface area (TPSA) is 61.0 Å². The van der Waals surface area contributed by atoms with E-state index in [-0.39, 0.29) is 17.4 Å². The van der Waals surface area contributed by atoms with Gasteiger partial charge in [-0.05, 0) is 18.2 Å². The van der Waals surface area contributed by atoms with E-state index < -0.39 is 5.82 Å². The quantitative estimate of drug-likeness (QED) is 0.921. The number of nitrogens with two attached hydrogens (primary N) is 1. The van der Waals surface area contributed by atoms with E-state index in [2.05, 4.69) is 25.9 Å². The molecule has 0 atom stereocenters. The minimum atomic E-state index is -0.479. The molecule has 2 aromatic rings. The fraction of sp³-hybridized carbons (Fsp3) is 0. The maximum absolute atomic E-state index is 13.4. The lowest BCUT2D eigenvalue weighted by Crippen LogP contribution is -1.94. The van der Waals surface area contributed by atoms with Gasteiger partial charge in [-0.3, -0.25) is 0 Å². The van der Waals surface area contributed by atoms with Crippen molar-refractivity contribution < 1.29 is 9.13 Å². The van der Waals surface area contributed by atoms with Crippen LogP contribution >= 0.6 is 15.9 Å². The van der Waals surface area contributed by atoms with Gasteiger partial charge in [0.1, 0.15) is 5.82 Å². The van der Waals surface area contributed by atoms with Crippen LogP contribution in [0.3, 0.4) is 0 Å². The van der Waals surface area contributed by atoms with Gasteiger partial charge in [0, 0.05) is 4.47 Å². The summed E-state index contributed by atoms with van der Waals surface area (Å²) in [5.41, 5.74) is 5.36. The predicted octanol–water partition coefficient (Wildman–Crippen LogP) is 2.75. The molecule has 0 unspecified atom stereocenters. The summed E-state index contributed by atoms with van der Waals surface area (Å²) in [4.78, 5) is 7.63. The summed E-state index contributed by atoms with van der Waals surface area (Å²) in [6, 6.07) is 4.47. The first kappa shape index (κ1) is 10.8. The second-order valence-electron chi connectivity index (χ2n) is 2.96. The average molecular weight is 284 g/mol. The molecule has 0 saturated heterocycles. The standard InChI is InChI=1S/C10H7BrFN3O/c11-6-1-2-8(7(12)3-6)16-10-5-14-9(13)4-15-10/h1-5H,(H2,13,14). The zero-order valence-corrected chi connectivity index (χ0v) is 9.61. The summed E-state index contributed by atoms with van der Waals surface area (Å²) in [6.07, 6.45) is 2.67. The number of anilines is 1. The highest BCUT2D eigenvalue weighted by atomic mass is 79.9. The SMILES string of the molecule is Nc1cnc(Oc2ccc(Br)cc2F)cn1. The number of hydrogen-bond acceptors (Lipinski definition) is 4. The number of halogens is 2. The molecule has 2 rings (SSSR count). The molecule has 16 heavy (non-hydrogen) atoms. The van der Waals surface area contributed by atoms with Crippen LogP contribution in [-0.2, 0) is 0 Å². The molecule has 0 radical (unpaired) electrons. The molecule has 0 aliphatic rings. The highest BCUT2D eigenvalue weighted by Gasteiger charge is 2.06. The van der Waals surface area contributed by atoms with Crippen LogP contribution in [0.25, 0.3) is 0 Å². The van der Waals surface area contributed by atoms with Gasteiger partial charge in [-0.15, -0.1) is 0 Å². The molecule has 0 bridgehead atoms. The molecule has 6 heteroatoms. The Morgan fingerprint density at radius 2 is 2.06 bits per heavy atom. The summed E-state index contributed by atoms with van der Waals surface area (Å²) >= 11 is 3.15. The summed E-state index contributed by atoms with van der Waals surface area (Å²) in [5.74, 6) is 0.0781. The van der Waals surface area contributed by atoms with E-state index in [1.807, 2.05) is 0 Å². The van der Waals surface area contributed by atoms with Crippen molar-refractivity contribution in [2.75, 3.05) is 5.73 Å². The Balaban J connectivity index is 2.23. The van der Waals surface area contributed by atoms with Crippen LogP contribution in [0.15, 0.2) is 35.1 Å². The Labute approximate surface area is 99.4 Å². The average Bonchev–Trinajstić information content (AvgIpc) is 2.25. The molecule has 1 aromatic carbocycles. The van der Waals surface area contributed by atoms with Gasteiger partial charge in [-0.2, -0.15) is 0 Å². The fourth-order valence-electron chi connectivity index (χ4n) is 1.05. The van der Waals surface area contributed by atoms with Crippen LogP contribution in [0, 0.1) is 5.82 Å². The third-order valence-corrected chi connectivity index (χ3v) is 2.25. The van der Waals surface area contributed by atoms with E-state index in [1.54, 1.807) is 6.07 Å². The normalized spacial score (nSPS) is 10.1. The highest BCUT2D eigenvalue weighted by molar-refractivity contribution is 9.10. The molecular formula is C10H7BrFN3O. The molecule has 2 N–H and O–H groups in total. The zero-order valence-electron chi connectivity index (χ0n) is 8.02. The van der Waals surface area contributed by atoms with E-state index in [0.29, 0.717) is 4.47 Å². The first-order chi connectivity index (χ1) is 7.65. The molecular weight excluding hydrogens is 277 g/mol. The van der Waals surface area contributed by atoms with E-state index >= 15 is 0 Å². The molecule has 0 amide bonds. The predicted molar refractivity (Wildman–Crippen MR) is 60.6 cm³/mol. The number of nitrogens with zero attached hydrogens (tertiary/aromatic N) is 2. The second-order valence-corrected chi connectivity index (χ2v) is 3.87. The minimum Gasteiger partial charge on any atom is -0.434 e. The van der Waals surface area contributed by atoms with Crippen molar-refractivity contribution in [3.05, 3.63) is 40.9 Å². The monoisotopic (exact) mass is 283 g/mol.